The molecule has 1 saturated heterocycles. The molecule has 0 saturated carbocycles. The second-order valence-corrected chi connectivity index (χ2v) is 6.33. The maximum Gasteiger partial charge on any atom is 0.356 e. The average molecular weight is 341 g/mol. The van der Waals surface area contributed by atoms with E-state index in [2.05, 4.69) is 14.9 Å². The van der Waals surface area contributed by atoms with E-state index in [0.29, 0.717) is 6.42 Å². The number of piperidine rings is 1. The number of nitrogens with zero attached hydrogens (tertiary/aromatic N) is 3. The van der Waals surface area contributed by atoms with Crippen LogP contribution < -0.4 is 4.90 Å². The molecule has 0 unspecified atom stereocenters. The van der Waals surface area contributed by atoms with Gasteiger partial charge in [0.1, 0.15) is 12.1 Å². The predicted molar refractivity (Wildman–Crippen MR) is 94.5 cm³/mol. The van der Waals surface area contributed by atoms with Crippen molar-refractivity contribution in [1.29, 1.82) is 0 Å². The van der Waals surface area contributed by atoms with Crippen molar-refractivity contribution >= 4 is 11.8 Å². The summed E-state index contributed by atoms with van der Waals surface area (Å²) in [6.45, 7) is 1.60. The molecule has 3 rings (SSSR count). The smallest absolute Gasteiger partial charge is 0.356 e. The Morgan fingerprint density at radius 1 is 1.28 bits per heavy atom. The Kier molecular flexibility index (Phi) is 5.60. The molecule has 25 heavy (non-hydrogen) atoms. The zero-order valence-electron chi connectivity index (χ0n) is 14.3. The van der Waals surface area contributed by atoms with Gasteiger partial charge >= 0.3 is 5.97 Å². The molecule has 1 aromatic carbocycles. The number of aliphatic hydroxyl groups excluding tert-OH is 1. The van der Waals surface area contributed by atoms with E-state index >= 15 is 0 Å². The van der Waals surface area contributed by atoms with Gasteiger partial charge in [0.15, 0.2) is 5.69 Å². The van der Waals surface area contributed by atoms with Crippen molar-refractivity contribution in [3.8, 4) is 0 Å². The number of rotatable bonds is 5. The number of carbonyl (C=O) groups excluding carboxylic acids is 1. The molecule has 2 aromatic rings. The first kappa shape index (κ1) is 17.4. The van der Waals surface area contributed by atoms with Crippen molar-refractivity contribution in [2.75, 3.05) is 25.1 Å². The van der Waals surface area contributed by atoms with Crippen molar-refractivity contribution in [3.05, 3.63) is 54.0 Å². The third-order valence-electron chi connectivity index (χ3n) is 4.74. The lowest BCUT2D eigenvalue weighted by atomic mass is 9.88. The van der Waals surface area contributed by atoms with Gasteiger partial charge in [0.05, 0.1) is 13.2 Å². The minimum Gasteiger partial charge on any atom is -0.464 e. The van der Waals surface area contributed by atoms with E-state index in [4.69, 9.17) is 4.74 Å². The highest BCUT2D eigenvalue weighted by Crippen LogP contribution is 2.26. The standard InChI is InChI=1S/C19H23N3O3/c1-25-19(24)16-12-18(21-13-20-16)22-9-7-15(8-10-22)17(23)11-14-5-3-2-4-6-14/h2-6,12-13,15,17,23H,7-11H2,1H3/t17-/m1/s1. The molecule has 0 spiro atoms. The van der Waals surface area contributed by atoms with Gasteiger partial charge in [-0.2, -0.15) is 0 Å². The van der Waals surface area contributed by atoms with Crippen LogP contribution in [0, 0.1) is 5.92 Å². The summed E-state index contributed by atoms with van der Waals surface area (Å²) in [7, 11) is 1.34. The normalized spacial score (nSPS) is 16.5. The van der Waals surface area contributed by atoms with Crippen LogP contribution in [0.1, 0.15) is 28.9 Å². The molecule has 1 fully saturated rings. The summed E-state index contributed by atoms with van der Waals surface area (Å²) in [4.78, 5) is 21.9. The number of hydrogen-bond donors (Lipinski definition) is 1. The summed E-state index contributed by atoms with van der Waals surface area (Å²) < 4.78 is 4.70. The summed E-state index contributed by atoms with van der Waals surface area (Å²) in [5.74, 6) is 0.543. The second kappa shape index (κ2) is 8.07. The van der Waals surface area contributed by atoms with E-state index in [9.17, 15) is 9.90 Å². The first-order chi connectivity index (χ1) is 12.2. The number of hydrogen-bond acceptors (Lipinski definition) is 6. The Morgan fingerprint density at radius 2 is 2.00 bits per heavy atom. The molecule has 1 aliphatic rings. The largest absolute Gasteiger partial charge is 0.464 e. The van der Waals surface area contributed by atoms with E-state index in [1.54, 1.807) is 6.07 Å². The fourth-order valence-electron chi connectivity index (χ4n) is 3.27. The molecule has 1 aliphatic heterocycles. The first-order valence-electron chi connectivity index (χ1n) is 8.54. The van der Waals surface area contributed by atoms with Gasteiger partial charge in [-0.3, -0.25) is 0 Å². The molecule has 0 radical (unpaired) electrons. The molecule has 6 nitrogen and oxygen atoms in total. The van der Waals surface area contributed by atoms with Gasteiger partial charge < -0.3 is 14.7 Å². The summed E-state index contributed by atoms with van der Waals surface area (Å²) in [6, 6.07) is 11.7. The van der Waals surface area contributed by atoms with E-state index < -0.39 is 5.97 Å². The van der Waals surface area contributed by atoms with Crippen molar-refractivity contribution in [2.45, 2.75) is 25.4 Å². The van der Waals surface area contributed by atoms with Crippen LogP contribution in [0.2, 0.25) is 0 Å². The number of anilines is 1. The highest BCUT2D eigenvalue weighted by Gasteiger charge is 2.26. The van der Waals surface area contributed by atoms with Gasteiger partial charge in [-0.05, 0) is 30.7 Å². The molecule has 0 bridgehead atoms. The van der Waals surface area contributed by atoms with Crippen molar-refractivity contribution in [3.63, 3.8) is 0 Å². The molecule has 0 aliphatic carbocycles. The van der Waals surface area contributed by atoms with Crippen LogP contribution in [-0.2, 0) is 11.2 Å². The molecular weight excluding hydrogens is 318 g/mol. The molecule has 1 aromatic heterocycles. The van der Waals surface area contributed by atoms with Crippen molar-refractivity contribution in [2.24, 2.45) is 5.92 Å². The Morgan fingerprint density at radius 3 is 2.68 bits per heavy atom. The van der Waals surface area contributed by atoms with Crippen molar-refractivity contribution < 1.29 is 14.6 Å². The lowest BCUT2D eigenvalue weighted by Gasteiger charge is -2.35. The predicted octanol–water partition coefficient (Wildman–Crippen LogP) is 2.08. The molecule has 0 amide bonds. The highest BCUT2D eigenvalue weighted by atomic mass is 16.5. The first-order valence-corrected chi connectivity index (χ1v) is 8.54. The number of benzene rings is 1. The van der Waals surface area contributed by atoms with Gasteiger partial charge in [-0.1, -0.05) is 30.3 Å². The van der Waals surface area contributed by atoms with Crippen LogP contribution in [0.15, 0.2) is 42.7 Å². The quantitative estimate of drug-likeness (QED) is 0.839. The minimum absolute atomic E-state index is 0.263. The Bertz CT molecular complexity index is 700. The summed E-state index contributed by atoms with van der Waals surface area (Å²) in [5, 5.41) is 10.5. The maximum absolute atomic E-state index is 11.6. The number of aliphatic hydroxyl groups is 1. The third kappa shape index (κ3) is 4.33. The van der Waals surface area contributed by atoms with Gasteiger partial charge in [-0.15, -0.1) is 0 Å². The number of carbonyl (C=O) groups is 1. The fraction of sp³-hybridized carbons (Fsp3) is 0.421. The highest BCUT2D eigenvalue weighted by molar-refractivity contribution is 5.87. The van der Waals surface area contributed by atoms with Crippen LogP contribution in [-0.4, -0.2) is 47.3 Å². The van der Waals surface area contributed by atoms with Crippen LogP contribution in [0.5, 0.6) is 0 Å². The topological polar surface area (TPSA) is 75.5 Å². The Balaban J connectivity index is 1.57. The van der Waals surface area contributed by atoms with Crippen molar-refractivity contribution in [1.82, 2.24) is 9.97 Å². The van der Waals surface area contributed by atoms with Crippen LogP contribution in [0.25, 0.3) is 0 Å². The minimum atomic E-state index is -0.461. The monoisotopic (exact) mass is 341 g/mol. The Hall–Kier alpha value is -2.47. The maximum atomic E-state index is 11.6. The third-order valence-corrected chi connectivity index (χ3v) is 4.74. The number of methoxy groups -OCH3 is 1. The zero-order chi connectivity index (χ0) is 17.6. The van der Waals surface area contributed by atoms with Gasteiger partial charge in [-0.25, -0.2) is 14.8 Å². The lowest BCUT2D eigenvalue weighted by molar-refractivity contribution is 0.0594. The fourth-order valence-corrected chi connectivity index (χ4v) is 3.27. The Labute approximate surface area is 147 Å². The summed E-state index contributed by atoms with van der Waals surface area (Å²) in [5.41, 5.74) is 1.43. The summed E-state index contributed by atoms with van der Waals surface area (Å²) >= 11 is 0. The van der Waals surface area contributed by atoms with E-state index in [0.717, 1.165) is 37.3 Å². The van der Waals surface area contributed by atoms with Gasteiger partial charge in [0.2, 0.25) is 0 Å². The molecule has 132 valence electrons. The van der Waals surface area contributed by atoms with Crippen LogP contribution in [0.4, 0.5) is 5.82 Å². The molecular formula is C19H23N3O3. The van der Waals surface area contributed by atoms with E-state index in [1.807, 2.05) is 30.3 Å². The number of ether oxygens (including phenoxy) is 1. The SMILES string of the molecule is COC(=O)c1cc(N2CCC([C@H](O)Cc3ccccc3)CC2)ncn1. The van der Waals surface area contributed by atoms with E-state index in [1.165, 1.54) is 13.4 Å². The summed E-state index contributed by atoms with van der Waals surface area (Å²) in [6.07, 6.45) is 3.53. The van der Waals surface area contributed by atoms with Crippen LogP contribution in [0.3, 0.4) is 0 Å². The second-order valence-electron chi connectivity index (χ2n) is 6.33. The lowest BCUT2D eigenvalue weighted by Crippen LogP contribution is -2.39. The molecule has 1 atom stereocenters. The number of aromatic nitrogens is 2. The van der Waals surface area contributed by atoms with Crippen LogP contribution >= 0.6 is 0 Å². The van der Waals surface area contributed by atoms with E-state index in [-0.39, 0.29) is 17.7 Å². The molecule has 2 heterocycles. The number of esters is 1. The average Bonchev–Trinajstić information content (AvgIpc) is 2.68. The van der Waals surface area contributed by atoms with Gasteiger partial charge in [0, 0.05) is 19.2 Å². The molecule has 1 N–H and O–H groups in total. The zero-order valence-corrected chi connectivity index (χ0v) is 14.3. The molecule has 6 heteroatoms. The van der Waals surface area contributed by atoms with Gasteiger partial charge in [0.25, 0.3) is 0 Å².